The van der Waals surface area contributed by atoms with Crippen LogP contribution in [0.25, 0.3) is 4.72 Å². The van der Waals surface area contributed by atoms with E-state index < -0.39 is 27.3 Å². The molecule has 0 bridgehead atoms. The Bertz CT molecular complexity index is 715. The fourth-order valence-corrected chi connectivity index (χ4v) is 2.48. The summed E-state index contributed by atoms with van der Waals surface area (Å²) in [5, 5.41) is 0. The fraction of sp³-hybridized carbons (Fsp3) is 0.0769. The van der Waals surface area contributed by atoms with Gasteiger partial charge in [-0.1, -0.05) is 11.8 Å². The molecule has 0 unspecified atom stereocenters. The Morgan fingerprint density at radius 2 is 1.70 bits per heavy atom. The molecule has 2 aromatic carbocycles. The summed E-state index contributed by atoms with van der Waals surface area (Å²) >= 11 is 0. The number of halogens is 2. The van der Waals surface area contributed by atoms with E-state index in [0.717, 1.165) is 12.1 Å². The fourth-order valence-electron chi connectivity index (χ4n) is 1.49. The molecule has 0 aliphatic carbocycles. The highest BCUT2D eigenvalue weighted by Gasteiger charge is 2.07. The van der Waals surface area contributed by atoms with Gasteiger partial charge in [-0.2, -0.15) is 0 Å². The monoisotopic (exact) mass is 298 g/mol. The molecule has 0 N–H and O–H groups in total. The molecule has 0 fully saturated rings. The van der Waals surface area contributed by atoms with E-state index in [1.807, 2.05) is 0 Å². The highest BCUT2D eigenvalue weighted by molar-refractivity contribution is 7.94. The summed E-state index contributed by atoms with van der Waals surface area (Å²) < 4.78 is 58.3. The van der Waals surface area contributed by atoms with Gasteiger partial charge in [-0.15, -0.1) is 0 Å². The van der Waals surface area contributed by atoms with Crippen LogP contribution in [0.5, 0.6) is 5.75 Å². The summed E-state index contributed by atoms with van der Waals surface area (Å²) in [6.45, 7) is 0. The van der Waals surface area contributed by atoms with Crippen molar-refractivity contribution in [1.29, 1.82) is 0 Å². The first-order valence-corrected chi connectivity index (χ1v) is 6.93. The van der Waals surface area contributed by atoms with Crippen molar-refractivity contribution in [2.45, 2.75) is 4.90 Å². The number of hydrogen-bond acceptors (Lipinski definition) is 3. The van der Waals surface area contributed by atoms with Crippen LogP contribution < -0.4 is 4.74 Å². The first-order chi connectivity index (χ1) is 9.42. The first-order valence-electron chi connectivity index (χ1n) is 5.49. The van der Waals surface area contributed by atoms with Gasteiger partial charge in [0.15, 0.2) is 0 Å². The topological polar surface area (TPSA) is 57.5 Å². The number of hydrogen-bond donors (Lipinski definition) is 0. The lowest BCUT2D eigenvalue weighted by atomic mass is 10.3. The van der Waals surface area contributed by atoms with Crippen molar-refractivity contribution in [3.63, 3.8) is 0 Å². The quantitative estimate of drug-likeness (QED) is 0.869. The standard InChI is InChI=1S/C13H10F2NO3S/c1-19-10-3-5-11(6-4-10)20(17,18)16-13-7-2-9(14)8-12(13)15/h2-8H,1H3/q-1. The molecule has 4 nitrogen and oxygen atoms in total. The van der Waals surface area contributed by atoms with Crippen LogP contribution in [0, 0.1) is 11.6 Å². The molecule has 0 aliphatic heterocycles. The number of sulfonamides is 1. The Morgan fingerprint density at radius 3 is 2.25 bits per heavy atom. The summed E-state index contributed by atoms with van der Waals surface area (Å²) in [4.78, 5) is -0.109. The first kappa shape index (κ1) is 14.3. The van der Waals surface area contributed by atoms with Gasteiger partial charge < -0.3 is 9.46 Å². The van der Waals surface area contributed by atoms with E-state index in [0.29, 0.717) is 11.8 Å². The average Bonchev–Trinajstić information content (AvgIpc) is 2.42. The normalized spacial score (nSPS) is 11.2. The molecule has 2 rings (SSSR count). The predicted octanol–water partition coefficient (Wildman–Crippen LogP) is 3.37. The zero-order chi connectivity index (χ0) is 14.8. The molecular weight excluding hydrogens is 288 g/mol. The number of rotatable bonds is 4. The van der Waals surface area contributed by atoms with E-state index in [9.17, 15) is 17.2 Å². The van der Waals surface area contributed by atoms with Gasteiger partial charge in [0, 0.05) is 6.07 Å². The second kappa shape index (κ2) is 5.46. The molecule has 7 heteroatoms. The van der Waals surface area contributed by atoms with E-state index in [1.54, 1.807) is 0 Å². The van der Waals surface area contributed by atoms with E-state index in [-0.39, 0.29) is 4.90 Å². The Balaban J connectivity index is 2.30. The van der Waals surface area contributed by atoms with Gasteiger partial charge in [0.25, 0.3) is 0 Å². The van der Waals surface area contributed by atoms with Crippen molar-refractivity contribution in [2.24, 2.45) is 0 Å². The maximum atomic E-state index is 13.4. The Labute approximate surface area is 115 Å². The SMILES string of the molecule is COc1ccc(S(=O)(=O)[N-]c2ccc(F)cc2F)cc1. The summed E-state index contributed by atoms with van der Waals surface area (Å²) in [6, 6.07) is 7.95. The van der Waals surface area contributed by atoms with E-state index in [2.05, 4.69) is 4.72 Å². The average molecular weight is 298 g/mol. The molecule has 0 saturated heterocycles. The Hall–Kier alpha value is -2.15. The third-order valence-corrected chi connectivity index (χ3v) is 3.79. The summed E-state index contributed by atoms with van der Waals surface area (Å²) in [7, 11) is -2.62. The van der Waals surface area contributed by atoms with Gasteiger partial charge in [-0.25, -0.2) is 17.2 Å². The van der Waals surface area contributed by atoms with Gasteiger partial charge in [-0.3, -0.25) is 0 Å². The van der Waals surface area contributed by atoms with Crippen molar-refractivity contribution in [3.05, 3.63) is 58.8 Å². The molecule has 106 valence electrons. The minimum atomic E-state index is -4.07. The van der Waals surface area contributed by atoms with Gasteiger partial charge in [0.2, 0.25) is 0 Å². The van der Waals surface area contributed by atoms with Gasteiger partial charge in [0.1, 0.15) is 27.4 Å². The van der Waals surface area contributed by atoms with Crippen LogP contribution in [0.1, 0.15) is 0 Å². The van der Waals surface area contributed by atoms with E-state index in [1.165, 1.54) is 31.4 Å². The predicted molar refractivity (Wildman–Crippen MR) is 69.6 cm³/mol. The summed E-state index contributed by atoms with van der Waals surface area (Å²) in [6.07, 6.45) is 0. The van der Waals surface area contributed by atoms with Gasteiger partial charge >= 0.3 is 0 Å². The van der Waals surface area contributed by atoms with Crippen LogP contribution in [-0.2, 0) is 10.0 Å². The lowest BCUT2D eigenvalue weighted by Gasteiger charge is -2.22. The van der Waals surface area contributed by atoms with Crippen molar-refractivity contribution in [1.82, 2.24) is 0 Å². The maximum Gasteiger partial charge on any atom is 0.126 e. The molecule has 0 aliphatic rings. The minimum absolute atomic E-state index is 0.109. The molecule has 0 saturated carbocycles. The van der Waals surface area contributed by atoms with Gasteiger partial charge in [0.05, 0.1) is 12.0 Å². The molecule has 0 atom stereocenters. The van der Waals surface area contributed by atoms with E-state index >= 15 is 0 Å². The molecule has 2 aromatic rings. The minimum Gasteiger partial charge on any atom is -0.570 e. The smallest absolute Gasteiger partial charge is 0.126 e. The molecule has 0 heterocycles. The van der Waals surface area contributed by atoms with Crippen LogP contribution in [0.2, 0.25) is 0 Å². The summed E-state index contributed by atoms with van der Waals surface area (Å²) in [5.41, 5.74) is -0.442. The third-order valence-electron chi connectivity index (χ3n) is 2.49. The lowest BCUT2D eigenvalue weighted by Crippen LogP contribution is -1.98. The second-order valence-electron chi connectivity index (χ2n) is 3.84. The maximum absolute atomic E-state index is 13.4. The van der Waals surface area contributed by atoms with Crippen molar-refractivity contribution in [2.75, 3.05) is 7.11 Å². The Kier molecular flexibility index (Phi) is 3.89. The van der Waals surface area contributed by atoms with Crippen LogP contribution in [0.3, 0.4) is 0 Å². The number of ether oxygens (including phenoxy) is 1. The van der Waals surface area contributed by atoms with Crippen LogP contribution in [0.15, 0.2) is 47.4 Å². The van der Waals surface area contributed by atoms with Crippen molar-refractivity contribution in [3.8, 4) is 5.75 Å². The van der Waals surface area contributed by atoms with Crippen LogP contribution in [0.4, 0.5) is 14.5 Å². The molecule has 0 amide bonds. The molecule has 0 radical (unpaired) electrons. The van der Waals surface area contributed by atoms with Crippen LogP contribution in [-0.4, -0.2) is 15.5 Å². The third kappa shape index (κ3) is 3.05. The summed E-state index contributed by atoms with van der Waals surface area (Å²) in [5.74, 6) is -1.36. The van der Waals surface area contributed by atoms with E-state index in [4.69, 9.17) is 4.74 Å². The van der Waals surface area contributed by atoms with Crippen molar-refractivity contribution >= 4 is 15.7 Å². The Morgan fingerprint density at radius 1 is 1.05 bits per heavy atom. The molecule has 0 spiro atoms. The highest BCUT2D eigenvalue weighted by atomic mass is 32.2. The lowest BCUT2D eigenvalue weighted by molar-refractivity contribution is 0.414. The zero-order valence-electron chi connectivity index (χ0n) is 10.4. The number of benzene rings is 2. The second-order valence-corrected chi connectivity index (χ2v) is 5.44. The molecule has 0 aromatic heterocycles. The largest absolute Gasteiger partial charge is 0.570 e. The number of nitrogens with zero attached hydrogens (tertiary/aromatic N) is 1. The molecular formula is C13H10F2NO3S-. The van der Waals surface area contributed by atoms with Crippen LogP contribution >= 0.6 is 0 Å². The highest BCUT2D eigenvalue weighted by Crippen LogP contribution is 2.30. The van der Waals surface area contributed by atoms with Gasteiger partial charge in [-0.05, 0) is 30.3 Å². The zero-order valence-corrected chi connectivity index (χ0v) is 11.2. The number of methoxy groups -OCH3 is 1. The van der Waals surface area contributed by atoms with Crippen molar-refractivity contribution < 1.29 is 21.9 Å². The molecule has 20 heavy (non-hydrogen) atoms.